The van der Waals surface area contributed by atoms with Gasteiger partial charge < -0.3 is 0 Å². The van der Waals surface area contributed by atoms with Crippen LogP contribution in [0.2, 0.25) is 0 Å². The number of aromatic nitrogens is 1. The Bertz CT molecular complexity index is 815. The zero-order valence-corrected chi connectivity index (χ0v) is 11.9. The van der Waals surface area contributed by atoms with E-state index in [0.29, 0.717) is 5.92 Å². The van der Waals surface area contributed by atoms with Gasteiger partial charge in [-0.25, -0.2) is 0 Å². The molecule has 0 bridgehead atoms. The quantitative estimate of drug-likeness (QED) is 0.450. The number of nitrogens with zero attached hydrogens (tertiary/aromatic N) is 1. The van der Waals surface area contributed by atoms with Crippen LogP contribution in [-0.4, -0.2) is 0 Å². The van der Waals surface area contributed by atoms with Gasteiger partial charge in [-0.2, -0.15) is 4.57 Å². The summed E-state index contributed by atoms with van der Waals surface area (Å²) in [6.45, 7) is 5.51. The van der Waals surface area contributed by atoms with Crippen molar-refractivity contribution in [3.05, 3.63) is 65.9 Å². The van der Waals surface area contributed by atoms with Crippen molar-refractivity contribution in [3.8, 4) is 11.3 Å². The predicted molar refractivity (Wildman–Crippen MR) is 82.8 cm³/mol. The van der Waals surface area contributed by atoms with Crippen LogP contribution in [0.15, 0.2) is 54.7 Å². The average molecular weight is 260 g/mol. The molecule has 4 rings (SSSR count). The third-order valence-corrected chi connectivity index (χ3v) is 4.33. The molecule has 1 aliphatic rings. The fourth-order valence-corrected chi connectivity index (χ4v) is 3.18. The van der Waals surface area contributed by atoms with E-state index in [-0.39, 0.29) is 0 Å². The van der Waals surface area contributed by atoms with Gasteiger partial charge in [-0.05, 0) is 29.0 Å². The molecule has 1 aliphatic heterocycles. The van der Waals surface area contributed by atoms with Crippen LogP contribution in [0.3, 0.4) is 0 Å². The van der Waals surface area contributed by atoms with Crippen LogP contribution in [0.1, 0.15) is 30.9 Å². The summed E-state index contributed by atoms with van der Waals surface area (Å²) in [6.07, 6.45) is 2.21. The lowest BCUT2D eigenvalue weighted by Gasteiger charge is -2.06. The molecule has 1 heteroatoms. The Morgan fingerprint density at radius 2 is 1.85 bits per heavy atom. The van der Waals surface area contributed by atoms with E-state index in [2.05, 4.69) is 73.1 Å². The van der Waals surface area contributed by atoms with E-state index >= 15 is 0 Å². The zero-order valence-electron chi connectivity index (χ0n) is 11.9. The maximum Gasteiger partial charge on any atom is 0.221 e. The topological polar surface area (TPSA) is 3.88 Å². The smallest absolute Gasteiger partial charge is 0.193 e. The van der Waals surface area contributed by atoms with E-state index in [1.165, 1.54) is 33.2 Å². The Hall–Kier alpha value is -2.15. The lowest BCUT2D eigenvalue weighted by Crippen LogP contribution is -2.31. The molecular weight excluding hydrogens is 242 g/mol. The van der Waals surface area contributed by atoms with E-state index < -0.39 is 0 Å². The first-order valence-electron chi connectivity index (χ1n) is 7.28. The maximum absolute atomic E-state index is 2.38. The van der Waals surface area contributed by atoms with Crippen molar-refractivity contribution in [1.29, 1.82) is 0 Å². The standard InChI is InChI=1S/C19H18N/c1-13(2)15-7-8-16-12-20-10-9-14-5-3-4-6-17(14)19(20)18(16)11-15/h3-11,13H,12H2,1-2H3/q+1. The van der Waals surface area contributed by atoms with Crippen LogP contribution in [0.4, 0.5) is 0 Å². The molecule has 2 aromatic carbocycles. The monoisotopic (exact) mass is 260 g/mol. The molecule has 2 heterocycles. The second-order valence-corrected chi connectivity index (χ2v) is 5.95. The minimum absolute atomic E-state index is 0.573. The number of fused-ring (bicyclic) bond motifs is 5. The van der Waals surface area contributed by atoms with Gasteiger partial charge in [0, 0.05) is 11.6 Å². The lowest BCUT2D eigenvalue weighted by atomic mass is 9.96. The van der Waals surface area contributed by atoms with Crippen molar-refractivity contribution in [2.75, 3.05) is 0 Å². The molecule has 0 atom stereocenters. The minimum Gasteiger partial charge on any atom is -0.193 e. The van der Waals surface area contributed by atoms with Crippen molar-refractivity contribution in [2.45, 2.75) is 26.3 Å². The van der Waals surface area contributed by atoms with Crippen LogP contribution in [0.25, 0.3) is 22.0 Å². The molecule has 1 aromatic heterocycles. The highest BCUT2D eigenvalue weighted by Gasteiger charge is 2.28. The second-order valence-electron chi connectivity index (χ2n) is 5.95. The highest BCUT2D eigenvalue weighted by molar-refractivity contribution is 5.94. The molecule has 3 aromatic rings. The highest BCUT2D eigenvalue weighted by Crippen LogP contribution is 2.34. The van der Waals surface area contributed by atoms with Crippen molar-refractivity contribution in [3.63, 3.8) is 0 Å². The molecule has 0 unspecified atom stereocenters. The Morgan fingerprint density at radius 3 is 2.70 bits per heavy atom. The molecule has 0 spiro atoms. The fourth-order valence-electron chi connectivity index (χ4n) is 3.18. The molecule has 0 fully saturated rings. The van der Waals surface area contributed by atoms with Crippen molar-refractivity contribution in [1.82, 2.24) is 0 Å². The fraction of sp³-hybridized carbons (Fsp3) is 0.211. The SMILES string of the molecule is CC(C)c1ccc2c(c1)-c1c3ccccc3cc[n+]1C2. The minimum atomic E-state index is 0.573. The van der Waals surface area contributed by atoms with E-state index in [1.54, 1.807) is 0 Å². The Kier molecular flexibility index (Phi) is 2.43. The van der Waals surface area contributed by atoms with E-state index in [9.17, 15) is 0 Å². The van der Waals surface area contributed by atoms with Crippen LogP contribution in [0, 0.1) is 0 Å². The summed E-state index contributed by atoms with van der Waals surface area (Å²) < 4.78 is 2.37. The van der Waals surface area contributed by atoms with E-state index in [4.69, 9.17) is 0 Å². The van der Waals surface area contributed by atoms with Crippen LogP contribution in [-0.2, 0) is 6.54 Å². The molecule has 0 aliphatic carbocycles. The van der Waals surface area contributed by atoms with Gasteiger partial charge in [0.05, 0.1) is 10.9 Å². The molecule has 20 heavy (non-hydrogen) atoms. The number of pyridine rings is 1. The summed E-state index contributed by atoms with van der Waals surface area (Å²) in [5.74, 6) is 0.573. The largest absolute Gasteiger partial charge is 0.221 e. The van der Waals surface area contributed by atoms with Gasteiger partial charge in [0.15, 0.2) is 12.7 Å². The molecule has 0 radical (unpaired) electrons. The Balaban J connectivity index is 2.05. The molecular formula is C19H18N+. The Morgan fingerprint density at radius 1 is 1.00 bits per heavy atom. The summed E-state index contributed by atoms with van der Waals surface area (Å²) in [4.78, 5) is 0. The van der Waals surface area contributed by atoms with Crippen molar-refractivity contribution in [2.24, 2.45) is 0 Å². The normalized spacial score (nSPS) is 12.8. The van der Waals surface area contributed by atoms with Crippen molar-refractivity contribution < 1.29 is 4.57 Å². The Labute approximate surface area is 119 Å². The first-order chi connectivity index (χ1) is 9.74. The van der Waals surface area contributed by atoms with Gasteiger partial charge >= 0.3 is 0 Å². The summed E-state index contributed by atoms with van der Waals surface area (Å²) in [7, 11) is 0. The second kappa shape index (κ2) is 4.17. The molecule has 0 saturated heterocycles. The predicted octanol–water partition coefficient (Wildman–Crippen LogP) is 4.28. The van der Waals surface area contributed by atoms with Gasteiger partial charge in [0.1, 0.15) is 0 Å². The first kappa shape index (κ1) is 11.7. The van der Waals surface area contributed by atoms with Gasteiger partial charge in [-0.1, -0.05) is 44.2 Å². The number of benzene rings is 2. The molecule has 0 saturated carbocycles. The van der Waals surface area contributed by atoms with Gasteiger partial charge in [0.2, 0.25) is 5.69 Å². The van der Waals surface area contributed by atoms with Gasteiger partial charge in [0.25, 0.3) is 0 Å². The van der Waals surface area contributed by atoms with Gasteiger partial charge in [-0.3, -0.25) is 0 Å². The van der Waals surface area contributed by atoms with E-state index in [0.717, 1.165) is 6.54 Å². The lowest BCUT2D eigenvalue weighted by molar-refractivity contribution is -0.671. The summed E-state index contributed by atoms with van der Waals surface area (Å²) in [6, 6.07) is 17.8. The average Bonchev–Trinajstić information content (AvgIpc) is 2.85. The van der Waals surface area contributed by atoms with Gasteiger partial charge in [-0.15, -0.1) is 0 Å². The molecule has 98 valence electrons. The van der Waals surface area contributed by atoms with Crippen LogP contribution in [0.5, 0.6) is 0 Å². The third-order valence-electron chi connectivity index (χ3n) is 4.33. The highest BCUT2D eigenvalue weighted by atomic mass is 15.0. The van der Waals surface area contributed by atoms with Crippen LogP contribution < -0.4 is 4.57 Å². The number of rotatable bonds is 1. The van der Waals surface area contributed by atoms with Crippen molar-refractivity contribution >= 4 is 10.8 Å². The number of hydrogen-bond donors (Lipinski definition) is 0. The zero-order chi connectivity index (χ0) is 13.7. The third kappa shape index (κ3) is 1.59. The number of hydrogen-bond acceptors (Lipinski definition) is 0. The maximum atomic E-state index is 2.38. The molecule has 0 amide bonds. The summed E-state index contributed by atoms with van der Waals surface area (Å²) in [5, 5.41) is 2.68. The first-order valence-corrected chi connectivity index (χ1v) is 7.28. The molecule has 1 nitrogen and oxygen atoms in total. The van der Waals surface area contributed by atoms with Crippen LogP contribution >= 0.6 is 0 Å². The molecule has 0 N–H and O–H groups in total. The summed E-state index contributed by atoms with van der Waals surface area (Å²) in [5.41, 5.74) is 5.64. The summed E-state index contributed by atoms with van der Waals surface area (Å²) >= 11 is 0. The van der Waals surface area contributed by atoms with E-state index in [1.807, 2.05) is 0 Å².